The summed E-state index contributed by atoms with van der Waals surface area (Å²) in [4.78, 5) is 7.44. The number of pyridine rings is 1. The number of rotatable bonds is 2. The summed E-state index contributed by atoms with van der Waals surface area (Å²) >= 11 is 0. The minimum atomic E-state index is 0.309. The van der Waals surface area contributed by atoms with Crippen molar-refractivity contribution in [2.75, 3.05) is 19.8 Å². The van der Waals surface area contributed by atoms with Crippen LogP contribution in [0.5, 0.6) is 5.75 Å². The van der Waals surface area contributed by atoms with Crippen LogP contribution in [-0.4, -0.2) is 34.7 Å². The molecule has 0 radical (unpaired) electrons. The molecule has 26 heavy (non-hydrogen) atoms. The minimum Gasteiger partial charge on any atom is -0.508 e. The molecule has 0 spiro atoms. The number of benzene rings is 1. The fraction of sp³-hybridized carbons (Fsp3) is 0.409. The van der Waals surface area contributed by atoms with Crippen LogP contribution in [-0.2, 0) is 17.7 Å². The molecule has 5 rings (SSSR count). The Morgan fingerprint density at radius 1 is 1.27 bits per heavy atom. The van der Waals surface area contributed by atoms with E-state index < -0.39 is 0 Å². The number of hydrogen-bond acceptors (Lipinski definition) is 4. The Bertz CT molecular complexity index is 974. The molecule has 1 N–H and O–H groups in total. The van der Waals surface area contributed by atoms with Crippen molar-refractivity contribution in [3.63, 3.8) is 0 Å². The SMILES string of the molecule is CCc1c2c(nc3ccc(O)cc13)C1=CC3=C(COC[C@H]3CC)CN1C2. The summed E-state index contributed by atoms with van der Waals surface area (Å²) in [6.45, 7) is 7.86. The zero-order valence-electron chi connectivity index (χ0n) is 15.4. The van der Waals surface area contributed by atoms with Gasteiger partial charge >= 0.3 is 0 Å². The number of aryl methyl sites for hydroxylation is 1. The lowest BCUT2D eigenvalue weighted by atomic mass is 9.87. The Labute approximate surface area is 153 Å². The normalized spacial score (nSPS) is 21.5. The van der Waals surface area contributed by atoms with Gasteiger partial charge in [0.2, 0.25) is 0 Å². The fourth-order valence-corrected chi connectivity index (χ4v) is 4.73. The van der Waals surface area contributed by atoms with Crippen molar-refractivity contribution in [1.82, 2.24) is 9.88 Å². The second kappa shape index (κ2) is 5.85. The Morgan fingerprint density at radius 2 is 2.15 bits per heavy atom. The summed E-state index contributed by atoms with van der Waals surface area (Å²) < 4.78 is 5.83. The zero-order chi connectivity index (χ0) is 17.8. The standard InChI is InChI=1S/C22H24N2O2/c1-3-13-11-26-12-14-9-24-10-19-16(4-2)18-7-15(25)5-6-20(18)23-22(19)21(24)8-17(13)14/h5-8,13,25H,3-4,9-12H2,1-2H3/t13-/m1/s1. The van der Waals surface area contributed by atoms with Crippen molar-refractivity contribution in [3.8, 4) is 5.75 Å². The second-order valence-corrected chi connectivity index (χ2v) is 7.54. The molecule has 4 nitrogen and oxygen atoms in total. The lowest BCUT2D eigenvalue weighted by molar-refractivity contribution is 0.107. The maximum atomic E-state index is 9.93. The van der Waals surface area contributed by atoms with E-state index in [0.29, 0.717) is 11.7 Å². The van der Waals surface area contributed by atoms with Crippen molar-refractivity contribution < 1.29 is 9.84 Å². The van der Waals surface area contributed by atoms with Crippen LogP contribution in [0.4, 0.5) is 0 Å². The Kier molecular flexibility index (Phi) is 3.57. The number of nitrogens with zero attached hydrogens (tertiary/aromatic N) is 2. The highest BCUT2D eigenvalue weighted by Gasteiger charge is 2.34. The van der Waals surface area contributed by atoms with Crippen molar-refractivity contribution in [1.29, 1.82) is 0 Å². The molecule has 134 valence electrons. The van der Waals surface area contributed by atoms with Gasteiger partial charge in [-0.15, -0.1) is 0 Å². The van der Waals surface area contributed by atoms with Crippen LogP contribution >= 0.6 is 0 Å². The first-order chi connectivity index (χ1) is 12.7. The van der Waals surface area contributed by atoms with Crippen LogP contribution in [0.1, 0.15) is 37.1 Å². The average Bonchev–Trinajstić information content (AvgIpc) is 3.01. The quantitative estimate of drug-likeness (QED) is 0.890. The van der Waals surface area contributed by atoms with Gasteiger partial charge in [0.25, 0.3) is 0 Å². The van der Waals surface area contributed by atoms with E-state index >= 15 is 0 Å². The van der Waals surface area contributed by atoms with Gasteiger partial charge in [0.15, 0.2) is 0 Å². The van der Waals surface area contributed by atoms with Gasteiger partial charge in [0, 0.05) is 30.0 Å². The molecule has 1 aromatic heterocycles. The Hall–Kier alpha value is -2.33. The molecule has 0 saturated heterocycles. The third-order valence-corrected chi connectivity index (χ3v) is 6.08. The molecule has 1 atom stereocenters. The van der Waals surface area contributed by atoms with Crippen LogP contribution in [0.3, 0.4) is 0 Å². The minimum absolute atomic E-state index is 0.309. The number of phenolic OH excluding ortho intramolecular Hbond substituents is 1. The van der Waals surface area contributed by atoms with Crippen molar-refractivity contribution >= 4 is 16.6 Å². The van der Waals surface area contributed by atoms with Gasteiger partial charge in [-0.3, -0.25) is 0 Å². The molecule has 0 aliphatic carbocycles. The van der Waals surface area contributed by atoms with E-state index in [-0.39, 0.29) is 0 Å². The topological polar surface area (TPSA) is 45.6 Å². The van der Waals surface area contributed by atoms with E-state index in [1.54, 1.807) is 6.07 Å². The summed E-state index contributed by atoms with van der Waals surface area (Å²) in [5.41, 5.74) is 8.92. The molecule has 4 heteroatoms. The number of aromatic nitrogens is 1. The third-order valence-electron chi connectivity index (χ3n) is 6.08. The Balaban J connectivity index is 1.70. The van der Waals surface area contributed by atoms with Crippen LogP contribution in [0.2, 0.25) is 0 Å². The maximum absolute atomic E-state index is 9.93. The molecule has 0 saturated carbocycles. The maximum Gasteiger partial charge on any atom is 0.116 e. The first-order valence-corrected chi connectivity index (χ1v) is 9.60. The largest absolute Gasteiger partial charge is 0.508 e. The van der Waals surface area contributed by atoms with Gasteiger partial charge in [-0.2, -0.15) is 0 Å². The van der Waals surface area contributed by atoms with Crippen LogP contribution < -0.4 is 0 Å². The van der Waals surface area contributed by atoms with Crippen LogP contribution in [0.25, 0.3) is 16.6 Å². The highest BCUT2D eigenvalue weighted by Crippen LogP contribution is 2.43. The molecule has 0 unspecified atom stereocenters. The van der Waals surface area contributed by atoms with Crippen molar-refractivity contribution in [3.05, 3.63) is 52.2 Å². The lowest BCUT2D eigenvalue weighted by Crippen LogP contribution is -2.31. The first-order valence-electron chi connectivity index (χ1n) is 9.60. The number of fused-ring (bicyclic) bond motifs is 4. The molecule has 0 fully saturated rings. The van der Waals surface area contributed by atoms with Gasteiger partial charge in [-0.05, 0) is 53.8 Å². The van der Waals surface area contributed by atoms with Gasteiger partial charge < -0.3 is 14.7 Å². The molecule has 3 aliphatic rings. The summed E-state index contributed by atoms with van der Waals surface area (Å²) in [6.07, 6.45) is 4.43. The molecule has 0 bridgehead atoms. The van der Waals surface area contributed by atoms with Gasteiger partial charge in [0.1, 0.15) is 5.75 Å². The van der Waals surface area contributed by atoms with Gasteiger partial charge in [-0.1, -0.05) is 13.8 Å². The van der Waals surface area contributed by atoms with Crippen molar-refractivity contribution in [2.45, 2.75) is 33.2 Å². The van der Waals surface area contributed by atoms with E-state index in [1.807, 2.05) is 12.1 Å². The fourth-order valence-electron chi connectivity index (χ4n) is 4.73. The van der Waals surface area contributed by atoms with E-state index in [2.05, 4.69) is 24.8 Å². The van der Waals surface area contributed by atoms with E-state index in [9.17, 15) is 5.11 Å². The smallest absolute Gasteiger partial charge is 0.116 e. The summed E-state index contributed by atoms with van der Waals surface area (Å²) in [5, 5.41) is 11.0. The molecule has 3 aliphatic heterocycles. The van der Waals surface area contributed by atoms with E-state index in [4.69, 9.17) is 9.72 Å². The van der Waals surface area contributed by atoms with Crippen molar-refractivity contribution in [2.24, 2.45) is 5.92 Å². The second-order valence-electron chi connectivity index (χ2n) is 7.54. The number of aromatic hydroxyl groups is 1. The highest BCUT2D eigenvalue weighted by atomic mass is 16.5. The predicted octanol–water partition coefficient (Wildman–Crippen LogP) is 4.03. The Morgan fingerprint density at radius 3 is 2.96 bits per heavy atom. The van der Waals surface area contributed by atoms with Crippen LogP contribution in [0, 0.1) is 5.92 Å². The molecule has 2 aromatic rings. The van der Waals surface area contributed by atoms with Crippen LogP contribution in [0.15, 0.2) is 35.4 Å². The molecule has 4 heterocycles. The summed E-state index contributed by atoms with van der Waals surface area (Å²) in [6, 6.07) is 5.52. The number of ether oxygens (including phenoxy) is 1. The predicted molar refractivity (Wildman–Crippen MR) is 103 cm³/mol. The molecular weight excluding hydrogens is 324 g/mol. The first kappa shape index (κ1) is 15.9. The van der Waals surface area contributed by atoms with Gasteiger partial charge in [-0.25, -0.2) is 4.98 Å². The zero-order valence-corrected chi connectivity index (χ0v) is 15.4. The third kappa shape index (κ3) is 2.21. The number of allylic oxidation sites excluding steroid dienone is 1. The summed E-state index contributed by atoms with van der Waals surface area (Å²) in [7, 11) is 0. The molecule has 0 amide bonds. The van der Waals surface area contributed by atoms with Gasteiger partial charge in [0.05, 0.1) is 30.1 Å². The van der Waals surface area contributed by atoms with E-state index in [0.717, 1.165) is 55.7 Å². The molecular formula is C22H24N2O2. The number of phenols is 1. The average molecular weight is 348 g/mol. The lowest BCUT2D eigenvalue weighted by Gasteiger charge is -2.34. The summed E-state index contributed by atoms with van der Waals surface area (Å²) in [5.74, 6) is 0.810. The number of hydrogen-bond donors (Lipinski definition) is 1. The highest BCUT2D eigenvalue weighted by molar-refractivity contribution is 5.89. The molecule has 1 aromatic carbocycles. The monoisotopic (exact) mass is 348 g/mol. The van der Waals surface area contributed by atoms with E-state index in [1.165, 1.54) is 28.0 Å².